The van der Waals surface area contributed by atoms with E-state index in [2.05, 4.69) is 22.9 Å². The maximum Gasteiger partial charge on any atom is 0.210 e. The molecule has 3 rings (SSSR count). The highest BCUT2D eigenvalue weighted by molar-refractivity contribution is 9.10. The molecular formula is C15H17BrO2. The van der Waals surface area contributed by atoms with Crippen molar-refractivity contribution in [1.29, 1.82) is 0 Å². The minimum Gasteiger partial charge on any atom is -0.478 e. The van der Waals surface area contributed by atoms with Crippen molar-refractivity contribution in [2.24, 2.45) is 0 Å². The molecule has 1 aliphatic carbocycles. The Bertz CT molecular complexity index is 554. The molecule has 0 amide bonds. The molecule has 96 valence electrons. The van der Waals surface area contributed by atoms with Crippen molar-refractivity contribution < 1.29 is 9.53 Å². The number of ether oxygens (including phenoxy) is 1. The second kappa shape index (κ2) is 3.83. The largest absolute Gasteiger partial charge is 0.478 e. The Hall–Kier alpha value is -0.830. The number of fused-ring (bicyclic) bond motifs is 1. The molecule has 1 spiro atoms. The number of hydrogen-bond acceptors (Lipinski definition) is 2. The van der Waals surface area contributed by atoms with Gasteiger partial charge in [0.15, 0.2) is 5.60 Å². The van der Waals surface area contributed by atoms with Gasteiger partial charge >= 0.3 is 0 Å². The Morgan fingerprint density at radius 2 is 1.67 bits per heavy atom. The fourth-order valence-electron chi connectivity index (χ4n) is 3.23. The molecule has 0 bridgehead atoms. The first-order chi connectivity index (χ1) is 8.48. The van der Waals surface area contributed by atoms with Crippen molar-refractivity contribution in [1.82, 2.24) is 0 Å². The van der Waals surface area contributed by atoms with Gasteiger partial charge < -0.3 is 4.74 Å². The molecule has 3 heteroatoms. The lowest BCUT2D eigenvalue weighted by atomic mass is 9.90. The lowest BCUT2D eigenvalue weighted by Gasteiger charge is -2.21. The van der Waals surface area contributed by atoms with E-state index in [4.69, 9.17) is 4.74 Å². The van der Waals surface area contributed by atoms with Gasteiger partial charge in [-0.05, 0) is 63.1 Å². The fourth-order valence-corrected chi connectivity index (χ4v) is 3.73. The van der Waals surface area contributed by atoms with Crippen LogP contribution in [0.2, 0.25) is 0 Å². The smallest absolute Gasteiger partial charge is 0.210 e. The van der Waals surface area contributed by atoms with Gasteiger partial charge in [-0.3, -0.25) is 4.79 Å². The molecular weight excluding hydrogens is 292 g/mol. The number of Topliss-reactive ketones (excluding diaryl/α,β-unsaturated/α-hetero) is 1. The molecule has 18 heavy (non-hydrogen) atoms. The number of benzene rings is 1. The van der Waals surface area contributed by atoms with Gasteiger partial charge in [0.05, 0.1) is 5.56 Å². The summed E-state index contributed by atoms with van der Waals surface area (Å²) < 4.78 is 7.19. The van der Waals surface area contributed by atoms with E-state index < -0.39 is 5.60 Å². The Morgan fingerprint density at radius 1 is 1.06 bits per heavy atom. The molecule has 1 saturated carbocycles. The monoisotopic (exact) mass is 308 g/mol. The van der Waals surface area contributed by atoms with E-state index in [0.717, 1.165) is 52.6 Å². The third kappa shape index (κ3) is 1.37. The Morgan fingerprint density at radius 3 is 2.28 bits per heavy atom. The third-order valence-corrected chi connectivity index (χ3v) is 5.70. The highest BCUT2D eigenvalue weighted by atomic mass is 79.9. The number of hydrogen-bond donors (Lipinski definition) is 0. The molecule has 1 aromatic carbocycles. The highest BCUT2D eigenvalue weighted by Crippen LogP contribution is 2.49. The summed E-state index contributed by atoms with van der Waals surface area (Å²) in [4.78, 5) is 12.7. The van der Waals surface area contributed by atoms with Crippen LogP contribution < -0.4 is 4.74 Å². The second-order valence-electron chi connectivity index (χ2n) is 5.53. The van der Waals surface area contributed by atoms with E-state index in [0.29, 0.717) is 0 Å². The van der Waals surface area contributed by atoms with Crippen molar-refractivity contribution in [2.75, 3.05) is 0 Å². The predicted molar refractivity (Wildman–Crippen MR) is 74.5 cm³/mol. The van der Waals surface area contributed by atoms with Crippen LogP contribution in [0.15, 0.2) is 4.47 Å². The molecule has 0 atom stereocenters. The Balaban J connectivity index is 2.24. The van der Waals surface area contributed by atoms with Crippen LogP contribution in [0.25, 0.3) is 0 Å². The summed E-state index contributed by atoms with van der Waals surface area (Å²) in [6, 6.07) is 0. The fraction of sp³-hybridized carbons (Fsp3) is 0.533. The summed E-state index contributed by atoms with van der Waals surface area (Å²) in [6.07, 6.45) is 3.93. The van der Waals surface area contributed by atoms with Crippen molar-refractivity contribution in [3.05, 3.63) is 26.7 Å². The Labute approximate surface area is 116 Å². The topological polar surface area (TPSA) is 26.3 Å². The molecule has 2 nitrogen and oxygen atoms in total. The maximum absolute atomic E-state index is 12.7. The number of carbonyl (C=O) groups is 1. The SMILES string of the molecule is Cc1c(C)c2c(c(C)c1Br)C(=O)C1(CCCC1)O2. The van der Waals surface area contributed by atoms with Crippen LogP contribution in [0, 0.1) is 20.8 Å². The predicted octanol–water partition coefficient (Wildman–Crippen LogP) is 4.26. The summed E-state index contributed by atoms with van der Waals surface area (Å²) in [5, 5.41) is 0. The van der Waals surface area contributed by atoms with Crippen LogP contribution in [0.4, 0.5) is 0 Å². The van der Waals surface area contributed by atoms with Gasteiger partial charge in [-0.25, -0.2) is 0 Å². The lowest BCUT2D eigenvalue weighted by Crippen LogP contribution is -2.36. The molecule has 1 aliphatic heterocycles. The first-order valence-corrected chi connectivity index (χ1v) is 7.30. The molecule has 1 aromatic rings. The van der Waals surface area contributed by atoms with E-state index >= 15 is 0 Å². The van der Waals surface area contributed by atoms with Gasteiger partial charge in [0.2, 0.25) is 5.78 Å². The molecule has 0 N–H and O–H groups in total. The molecule has 0 saturated heterocycles. The van der Waals surface area contributed by atoms with Crippen molar-refractivity contribution >= 4 is 21.7 Å². The normalized spacial score (nSPS) is 20.3. The average Bonchev–Trinajstić information content (AvgIpc) is 2.93. The van der Waals surface area contributed by atoms with E-state index in [-0.39, 0.29) is 5.78 Å². The minimum atomic E-state index is -0.537. The van der Waals surface area contributed by atoms with Crippen LogP contribution >= 0.6 is 15.9 Å². The first kappa shape index (κ1) is 12.2. The van der Waals surface area contributed by atoms with Crippen molar-refractivity contribution in [3.63, 3.8) is 0 Å². The summed E-state index contributed by atoms with van der Waals surface area (Å²) in [6.45, 7) is 6.12. The summed E-state index contributed by atoms with van der Waals surface area (Å²) in [5.41, 5.74) is 3.58. The molecule has 0 radical (unpaired) electrons. The summed E-state index contributed by atoms with van der Waals surface area (Å²) in [7, 11) is 0. The molecule has 2 aliphatic rings. The Kier molecular flexibility index (Phi) is 2.60. The van der Waals surface area contributed by atoms with E-state index in [9.17, 15) is 4.79 Å². The van der Waals surface area contributed by atoms with Crippen molar-refractivity contribution in [3.8, 4) is 5.75 Å². The van der Waals surface area contributed by atoms with Gasteiger partial charge in [0.1, 0.15) is 5.75 Å². The second-order valence-corrected chi connectivity index (χ2v) is 6.32. The van der Waals surface area contributed by atoms with Crippen LogP contribution in [0.5, 0.6) is 5.75 Å². The number of ketones is 1. The van der Waals surface area contributed by atoms with Crippen molar-refractivity contribution in [2.45, 2.75) is 52.1 Å². The maximum atomic E-state index is 12.7. The van der Waals surface area contributed by atoms with Gasteiger partial charge in [-0.15, -0.1) is 0 Å². The average molecular weight is 309 g/mol. The summed E-state index contributed by atoms with van der Waals surface area (Å²) in [5.74, 6) is 1.04. The van der Waals surface area contributed by atoms with E-state index in [1.54, 1.807) is 0 Å². The van der Waals surface area contributed by atoms with Gasteiger partial charge in [-0.2, -0.15) is 0 Å². The molecule has 0 aromatic heterocycles. The van der Waals surface area contributed by atoms with Gasteiger partial charge in [0, 0.05) is 4.47 Å². The highest BCUT2D eigenvalue weighted by Gasteiger charge is 2.51. The number of carbonyl (C=O) groups excluding carboxylic acids is 1. The van der Waals surface area contributed by atoms with Crippen LogP contribution in [-0.4, -0.2) is 11.4 Å². The third-order valence-electron chi connectivity index (χ3n) is 4.51. The van der Waals surface area contributed by atoms with E-state index in [1.165, 1.54) is 5.56 Å². The molecule has 1 fully saturated rings. The standard InChI is InChI=1S/C15H17BrO2/c1-8-9(2)13-11(10(3)12(8)16)14(17)15(18-13)6-4-5-7-15/h4-7H2,1-3H3. The summed E-state index contributed by atoms with van der Waals surface area (Å²) >= 11 is 3.60. The number of halogens is 1. The zero-order chi connectivity index (χ0) is 13.1. The molecule has 1 heterocycles. The van der Waals surface area contributed by atoms with E-state index in [1.807, 2.05) is 13.8 Å². The van der Waals surface area contributed by atoms with Crippen LogP contribution in [0.1, 0.15) is 52.7 Å². The van der Waals surface area contributed by atoms with Crippen LogP contribution in [-0.2, 0) is 0 Å². The quantitative estimate of drug-likeness (QED) is 0.715. The first-order valence-electron chi connectivity index (χ1n) is 6.51. The van der Waals surface area contributed by atoms with Gasteiger partial charge in [-0.1, -0.05) is 15.9 Å². The zero-order valence-corrected chi connectivity index (χ0v) is 12.6. The van der Waals surface area contributed by atoms with Crippen LogP contribution in [0.3, 0.4) is 0 Å². The van der Waals surface area contributed by atoms with Gasteiger partial charge in [0.25, 0.3) is 0 Å². The number of rotatable bonds is 0. The zero-order valence-electron chi connectivity index (χ0n) is 11.0. The minimum absolute atomic E-state index is 0.205. The lowest BCUT2D eigenvalue weighted by molar-refractivity contribution is 0.0585. The molecule has 0 unspecified atom stereocenters.